The highest BCUT2D eigenvalue weighted by Crippen LogP contribution is 2.36. The van der Waals surface area contributed by atoms with E-state index in [1.807, 2.05) is 12.1 Å². The molecule has 0 unspecified atom stereocenters. The molecule has 1 fully saturated rings. The molecule has 4 rings (SSSR count). The molecule has 2 heterocycles. The Kier molecular flexibility index (Phi) is 4.39. The Hall–Kier alpha value is -2.79. The molecule has 0 aliphatic carbocycles. The van der Waals surface area contributed by atoms with E-state index in [0.717, 1.165) is 35.4 Å². The van der Waals surface area contributed by atoms with Gasteiger partial charge in [0, 0.05) is 24.0 Å². The minimum absolute atomic E-state index is 0.105. The van der Waals surface area contributed by atoms with E-state index in [1.54, 1.807) is 13.2 Å². The van der Waals surface area contributed by atoms with E-state index in [2.05, 4.69) is 41.1 Å². The number of aryl methyl sites for hydroxylation is 1. The molecule has 0 bridgehead atoms. The van der Waals surface area contributed by atoms with Crippen LogP contribution in [-0.4, -0.2) is 38.4 Å². The van der Waals surface area contributed by atoms with Gasteiger partial charge in [0.05, 0.1) is 37.1 Å². The van der Waals surface area contributed by atoms with Crippen LogP contribution in [0.4, 0.5) is 5.69 Å². The van der Waals surface area contributed by atoms with E-state index in [9.17, 15) is 4.79 Å². The Bertz CT molecular complexity index is 987. The number of aromatic amines is 1. The fourth-order valence-corrected chi connectivity index (χ4v) is 3.46. The van der Waals surface area contributed by atoms with Gasteiger partial charge in [0.1, 0.15) is 5.75 Å². The Morgan fingerprint density at radius 3 is 2.46 bits per heavy atom. The number of rotatable bonds is 3. The minimum atomic E-state index is -0.105. The third kappa shape index (κ3) is 2.95. The first-order valence-corrected chi connectivity index (χ1v) is 8.81. The number of nitrogens with zero attached hydrogens (tertiary/aromatic N) is 1. The second-order valence-corrected chi connectivity index (χ2v) is 6.55. The van der Waals surface area contributed by atoms with Crippen LogP contribution in [0.1, 0.15) is 5.56 Å². The smallest absolute Gasteiger partial charge is 0.256 e. The summed E-state index contributed by atoms with van der Waals surface area (Å²) in [6.45, 7) is 5.02. The van der Waals surface area contributed by atoms with Crippen LogP contribution >= 0.6 is 0 Å². The van der Waals surface area contributed by atoms with E-state index >= 15 is 0 Å². The van der Waals surface area contributed by atoms with Gasteiger partial charge in [-0.3, -0.25) is 4.79 Å². The zero-order valence-corrected chi connectivity index (χ0v) is 15.0. The summed E-state index contributed by atoms with van der Waals surface area (Å²) in [5.41, 5.74) is 4.00. The first-order valence-electron chi connectivity index (χ1n) is 8.81. The monoisotopic (exact) mass is 350 g/mol. The predicted octanol–water partition coefficient (Wildman–Crippen LogP) is 3.35. The molecule has 1 aliphatic rings. The highest BCUT2D eigenvalue weighted by atomic mass is 16.5. The third-order valence-electron chi connectivity index (χ3n) is 4.87. The van der Waals surface area contributed by atoms with Crippen molar-refractivity contribution in [3.8, 4) is 17.0 Å². The Balaban J connectivity index is 2.00. The van der Waals surface area contributed by atoms with Gasteiger partial charge in [-0.1, -0.05) is 29.8 Å². The van der Waals surface area contributed by atoms with Gasteiger partial charge in [-0.2, -0.15) is 0 Å². The first kappa shape index (κ1) is 16.7. The Labute approximate surface area is 152 Å². The molecule has 1 N–H and O–H groups in total. The van der Waals surface area contributed by atoms with E-state index in [-0.39, 0.29) is 5.56 Å². The number of anilines is 1. The quantitative estimate of drug-likeness (QED) is 0.787. The van der Waals surface area contributed by atoms with Crippen molar-refractivity contribution in [2.24, 2.45) is 0 Å². The number of morpholine rings is 1. The molecule has 5 heteroatoms. The number of methoxy groups -OCH3 is 1. The lowest BCUT2D eigenvalue weighted by Crippen LogP contribution is -2.37. The van der Waals surface area contributed by atoms with E-state index in [0.29, 0.717) is 24.3 Å². The lowest BCUT2D eigenvalue weighted by molar-refractivity contribution is 0.123. The second kappa shape index (κ2) is 6.84. The number of fused-ring (bicyclic) bond motifs is 1. The average Bonchev–Trinajstić information content (AvgIpc) is 2.69. The molecule has 1 saturated heterocycles. The van der Waals surface area contributed by atoms with Crippen LogP contribution in [0.3, 0.4) is 0 Å². The summed E-state index contributed by atoms with van der Waals surface area (Å²) >= 11 is 0. The number of aromatic nitrogens is 1. The molecule has 0 radical (unpaired) electrons. The number of hydrogen-bond donors (Lipinski definition) is 1. The van der Waals surface area contributed by atoms with Gasteiger partial charge in [-0.15, -0.1) is 0 Å². The van der Waals surface area contributed by atoms with Crippen LogP contribution in [0.25, 0.3) is 22.0 Å². The molecule has 3 aromatic rings. The van der Waals surface area contributed by atoms with E-state index in [4.69, 9.17) is 9.47 Å². The fourth-order valence-electron chi connectivity index (χ4n) is 3.46. The SMILES string of the molecule is COc1ccc2c(N3CCOCC3)c(-c3ccc(C)cc3)[nH]c(=O)c2c1. The maximum atomic E-state index is 12.8. The standard InChI is InChI=1S/C21H22N2O3/c1-14-3-5-15(6-4-14)19-20(23-9-11-26-12-10-23)17-8-7-16(25-2)13-18(17)21(24)22-19/h3-8,13H,9-12H2,1-2H3,(H,22,24). The number of pyridine rings is 1. The molecule has 0 spiro atoms. The first-order chi connectivity index (χ1) is 12.7. The van der Waals surface area contributed by atoms with Crippen molar-refractivity contribution in [1.82, 2.24) is 4.98 Å². The van der Waals surface area contributed by atoms with Crippen LogP contribution < -0.4 is 15.2 Å². The Morgan fingerprint density at radius 1 is 1.04 bits per heavy atom. The van der Waals surface area contributed by atoms with Crippen molar-refractivity contribution in [2.45, 2.75) is 6.92 Å². The molecule has 134 valence electrons. The van der Waals surface area contributed by atoms with Gasteiger partial charge in [-0.05, 0) is 25.1 Å². The summed E-state index contributed by atoms with van der Waals surface area (Å²) in [5, 5.41) is 1.58. The third-order valence-corrected chi connectivity index (χ3v) is 4.87. The summed E-state index contributed by atoms with van der Waals surface area (Å²) in [6.07, 6.45) is 0. The van der Waals surface area contributed by atoms with Gasteiger partial charge in [0.15, 0.2) is 0 Å². The predicted molar refractivity (Wildman–Crippen MR) is 104 cm³/mol. The lowest BCUT2D eigenvalue weighted by Gasteiger charge is -2.31. The highest BCUT2D eigenvalue weighted by molar-refractivity contribution is 6.00. The summed E-state index contributed by atoms with van der Waals surface area (Å²) in [7, 11) is 1.61. The molecule has 1 aliphatic heterocycles. The normalized spacial score (nSPS) is 14.6. The van der Waals surface area contributed by atoms with Crippen molar-refractivity contribution in [3.05, 3.63) is 58.4 Å². The summed E-state index contributed by atoms with van der Waals surface area (Å²) in [6, 6.07) is 13.9. The van der Waals surface area contributed by atoms with Crippen LogP contribution in [-0.2, 0) is 4.74 Å². The van der Waals surface area contributed by atoms with Crippen molar-refractivity contribution in [3.63, 3.8) is 0 Å². The average molecular weight is 350 g/mol. The number of hydrogen-bond acceptors (Lipinski definition) is 4. The van der Waals surface area contributed by atoms with Crippen molar-refractivity contribution >= 4 is 16.5 Å². The van der Waals surface area contributed by atoms with Gasteiger partial charge >= 0.3 is 0 Å². The topological polar surface area (TPSA) is 54.6 Å². The number of ether oxygens (including phenoxy) is 2. The van der Waals surface area contributed by atoms with Crippen LogP contribution in [0.5, 0.6) is 5.75 Å². The molecular weight excluding hydrogens is 328 g/mol. The van der Waals surface area contributed by atoms with Crippen LogP contribution in [0.15, 0.2) is 47.3 Å². The summed E-state index contributed by atoms with van der Waals surface area (Å²) in [5.74, 6) is 0.680. The molecular formula is C21H22N2O3. The summed E-state index contributed by atoms with van der Waals surface area (Å²) < 4.78 is 10.8. The number of nitrogens with one attached hydrogen (secondary N) is 1. The lowest BCUT2D eigenvalue weighted by atomic mass is 10.0. The Morgan fingerprint density at radius 2 is 1.77 bits per heavy atom. The van der Waals surface area contributed by atoms with Crippen molar-refractivity contribution in [1.29, 1.82) is 0 Å². The minimum Gasteiger partial charge on any atom is -0.497 e. The van der Waals surface area contributed by atoms with Crippen molar-refractivity contribution < 1.29 is 9.47 Å². The van der Waals surface area contributed by atoms with Crippen molar-refractivity contribution in [2.75, 3.05) is 38.3 Å². The molecule has 5 nitrogen and oxygen atoms in total. The van der Waals surface area contributed by atoms with Crippen LogP contribution in [0.2, 0.25) is 0 Å². The van der Waals surface area contributed by atoms with Gasteiger partial charge < -0.3 is 19.4 Å². The maximum Gasteiger partial charge on any atom is 0.256 e. The van der Waals surface area contributed by atoms with E-state index < -0.39 is 0 Å². The van der Waals surface area contributed by atoms with Gasteiger partial charge in [-0.25, -0.2) is 0 Å². The number of benzene rings is 2. The van der Waals surface area contributed by atoms with E-state index in [1.165, 1.54) is 5.56 Å². The molecule has 2 aromatic carbocycles. The van der Waals surface area contributed by atoms with Gasteiger partial charge in [0.25, 0.3) is 5.56 Å². The maximum absolute atomic E-state index is 12.8. The highest BCUT2D eigenvalue weighted by Gasteiger charge is 2.21. The summed E-state index contributed by atoms with van der Waals surface area (Å²) in [4.78, 5) is 18.2. The zero-order valence-electron chi connectivity index (χ0n) is 15.0. The molecule has 26 heavy (non-hydrogen) atoms. The van der Waals surface area contributed by atoms with Gasteiger partial charge in [0.2, 0.25) is 0 Å². The largest absolute Gasteiger partial charge is 0.497 e. The molecule has 0 atom stereocenters. The fraction of sp³-hybridized carbons (Fsp3) is 0.286. The molecule has 1 aromatic heterocycles. The van der Waals surface area contributed by atoms with Crippen LogP contribution in [0, 0.1) is 6.92 Å². The number of H-pyrrole nitrogens is 1. The second-order valence-electron chi connectivity index (χ2n) is 6.55. The zero-order chi connectivity index (χ0) is 18.1. The molecule has 0 amide bonds. The molecule has 0 saturated carbocycles.